The summed E-state index contributed by atoms with van der Waals surface area (Å²) in [6.07, 6.45) is 1.98. The maximum Gasteiger partial charge on any atom is 0.334 e. The number of amides is 1. The van der Waals surface area contributed by atoms with E-state index in [4.69, 9.17) is 9.84 Å². The number of hydrogen-bond donors (Lipinski definition) is 4. The zero-order valence-corrected chi connectivity index (χ0v) is 19.1. The van der Waals surface area contributed by atoms with E-state index in [1.54, 1.807) is 0 Å². The van der Waals surface area contributed by atoms with Crippen LogP contribution in [-0.4, -0.2) is 52.3 Å². The van der Waals surface area contributed by atoms with Crippen LogP contribution in [0.2, 0.25) is 0 Å². The van der Waals surface area contributed by atoms with Crippen molar-refractivity contribution in [3.8, 4) is 0 Å². The minimum Gasteiger partial charge on any atom is -0.479 e. The van der Waals surface area contributed by atoms with Crippen LogP contribution in [0, 0.1) is 0 Å². The summed E-state index contributed by atoms with van der Waals surface area (Å²) in [5, 5.41) is 24.3. The standard InChI is InChI=1S/C26H32N2O6/c29-22(23(30)31)17-27-25(33)26(15-7-8-16-26)28-21(14-13-19-9-3-1-4-10-19)24(32)34-18-20-11-5-2-6-12-20/h1-6,9-12,21-22,28-29H,7-8,13-18H2,(H,27,33)(H,30,31). The maximum atomic E-state index is 13.1. The monoisotopic (exact) mass is 468 g/mol. The molecular formula is C26H32N2O6. The molecule has 0 aromatic heterocycles. The first-order chi connectivity index (χ1) is 16.4. The van der Waals surface area contributed by atoms with Gasteiger partial charge in [-0.15, -0.1) is 0 Å². The van der Waals surface area contributed by atoms with Crippen molar-refractivity contribution in [1.29, 1.82) is 0 Å². The summed E-state index contributed by atoms with van der Waals surface area (Å²) in [4.78, 5) is 37.1. The maximum absolute atomic E-state index is 13.1. The van der Waals surface area contributed by atoms with Gasteiger partial charge in [-0.2, -0.15) is 0 Å². The number of esters is 1. The van der Waals surface area contributed by atoms with E-state index >= 15 is 0 Å². The quantitative estimate of drug-likeness (QED) is 0.352. The number of benzene rings is 2. The molecule has 0 spiro atoms. The number of hydrogen-bond acceptors (Lipinski definition) is 6. The fourth-order valence-corrected chi connectivity index (χ4v) is 4.23. The van der Waals surface area contributed by atoms with E-state index in [1.165, 1.54) is 0 Å². The van der Waals surface area contributed by atoms with E-state index < -0.39 is 42.1 Å². The first-order valence-electron chi connectivity index (χ1n) is 11.6. The van der Waals surface area contributed by atoms with Crippen molar-refractivity contribution in [3.05, 3.63) is 71.8 Å². The molecule has 4 N–H and O–H groups in total. The van der Waals surface area contributed by atoms with Crippen LogP contribution in [0.15, 0.2) is 60.7 Å². The van der Waals surface area contributed by atoms with Crippen molar-refractivity contribution in [1.82, 2.24) is 10.6 Å². The Bertz CT molecular complexity index is 944. The minimum absolute atomic E-state index is 0.132. The highest BCUT2D eigenvalue weighted by Crippen LogP contribution is 2.31. The summed E-state index contributed by atoms with van der Waals surface area (Å²) in [5.74, 6) is -2.26. The Morgan fingerprint density at radius 3 is 2.12 bits per heavy atom. The van der Waals surface area contributed by atoms with Gasteiger partial charge in [0.1, 0.15) is 12.6 Å². The molecule has 1 amide bonds. The van der Waals surface area contributed by atoms with Gasteiger partial charge < -0.3 is 20.3 Å². The van der Waals surface area contributed by atoms with E-state index in [2.05, 4.69) is 10.6 Å². The fourth-order valence-electron chi connectivity index (χ4n) is 4.23. The number of aryl methyl sites for hydroxylation is 1. The van der Waals surface area contributed by atoms with Crippen LogP contribution >= 0.6 is 0 Å². The zero-order valence-electron chi connectivity index (χ0n) is 19.1. The SMILES string of the molecule is O=C(O)C(O)CNC(=O)C1(NC(CCc2ccccc2)C(=O)OCc2ccccc2)CCCC1. The predicted molar refractivity (Wildman–Crippen MR) is 126 cm³/mol. The van der Waals surface area contributed by atoms with E-state index in [1.807, 2.05) is 60.7 Å². The predicted octanol–water partition coefficient (Wildman–Crippen LogP) is 2.20. The van der Waals surface area contributed by atoms with E-state index in [-0.39, 0.29) is 6.61 Å². The van der Waals surface area contributed by atoms with Crippen molar-refractivity contribution in [3.63, 3.8) is 0 Å². The lowest BCUT2D eigenvalue weighted by atomic mass is 9.93. The molecule has 0 radical (unpaired) electrons. The van der Waals surface area contributed by atoms with E-state index in [9.17, 15) is 19.5 Å². The van der Waals surface area contributed by atoms with Gasteiger partial charge in [0.25, 0.3) is 0 Å². The lowest BCUT2D eigenvalue weighted by Gasteiger charge is -2.33. The highest BCUT2D eigenvalue weighted by atomic mass is 16.5. The molecule has 182 valence electrons. The third-order valence-corrected chi connectivity index (χ3v) is 6.16. The van der Waals surface area contributed by atoms with Crippen LogP contribution in [0.3, 0.4) is 0 Å². The summed E-state index contributed by atoms with van der Waals surface area (Å²) in [5.41, 5.74) is 0.916. The van der Waals surface area contributed by atoms with Crippen LogP contribution in [0.1, 0.15) is 43.2 Å². The highest BCUT2D eigenvalue weighted by Gasteiger charge is 2.44. The summed E-state index contributed by atoms with van der Waals surface area (Å²) in [6.45, 7) is -0.266. The Kier molecular flexibility index (Phi) is 9.18. The van der Waals surface area contributed by atoms with Crippen LogP contribution < -0.4 is 10.6 Å². The second-order valence-electron chi connectivity index (χ2n) is 8.67. The van der Waals surface area contributed by atoms with E-state index in [0.29, 0.717) is 25.7 Å². The molecule has 1 saturated carbocycles. The first-order valence-corrected chi connectivity index (χ1v) is 11.6. The van der Waals surface area contributed by atoms with Crippen molar-refractivity contribution in [2.45, 2.75) is 62.8 Å². The third kappa shape index (κ3) is 7.13. The zero-order chi connectivity index (χ0) is 24.4. The molecule has 2 unspecified atom stereocenters. The molecule has 3 rings (SSSR count). The number of carbonyl (C=O) groups excluding carboxylic acids is 2. The second-order valence-corrected chi connectivity index (χ2v) is 8.67. The van der Waals surface area contributed by atoms with Crippen LogP contribution in [0.5, 0.6) is 0 Å². The molecule has 0 heterocycles. The van der Waals surface area contributed by atoms with Crippen LogP contribution in [0.4, 0.5) is 0 Å². The lowest BCUT2D eigenvalue weighted by Crippen LogP contribution is -2.61. The number of aliphatic carboxylic acids is 1. The van der Waals surface area contributed by atoms with E-state index in [0.717, 1.165) is 24.0 Å². The van der Waals surface area contributed by atoms with Gasteiger partial charge in [0.05, 0.1) is 12.1 Å². The Balaban J connectivity index is 1.72. The first kappa shape index (κ1) is 25.4. The molecule has 8 heteroatoms. The molecule has 0 bridgehead atoms. The second kappa shape index (κ2) is 12.3. The Hall–Kier alpha value is -3.23. The normalized spacial score (nSPS) is 16.4. The molecule has 0 aliphatic heterocycles. The summed E-state index contributed by atoms with van der Waals surface area (Å²) in [6, 6.07) is 18.4. The lowest BCUT2D eigenvalue weighted by molar-refractivity contribution is -0.148. The van der Waals surface area contributed by atoms with Crippen molar-refractivity contribution >= 4 is 17.8 Å². The number of carboxylic acid groups (broad SMARTS) is 1. The number of rotatable bonds is 12. The molecule has 2 aromatic rings. The Morgan fingerprint density at radius 1 is 0.941 bits per heavy atom. The van der Waals surface area contributed by atoms with Gasteiger partial charge in [-0.3, -0.25) is 14.9 Å². The molecule has 8 nitrogen and oxygen atoms in total. The molecule has 2 aromatic carbocycles. The van der Waals surface area contributed by atoms with Gasteiger partial charge >= 0.3 is 11.9 Å². The molecule has 0 saturated heterocycles. The average Bonchev–Trinajstić information content (AvgIpc) is 3.34. The smallest absolute Gasteiger partial charge is 0.334 e. The highest BCUT2D eigenvalue weighted by molar-refractivity contribution is 5.88. The molecular weight excluding hydrogens is 436 g/mol. The molecule has 1 aliphatic rings. The number of nitrogens with one attached hydrogen (secondary N) is 2. The number of carbonyl (C=O) groups is 3. The van der Waals surface area contributed by atoms with Crippen LogP contribution in [0.25, 0.3) is 0 Å². The van der Waals surface area contributed by atoms with Gasteiger partial charge in [0, 0.05) is 0 Å². The molecule has 1 aliphatic carbocycles. The topological polar surface area (TPSA) is 125 Å². The van der Waals surface area contributed by atoms with Crippen LogP contribution in [-0.2, 0) is 32.1 Å². The fraction of sp³-hybridized carbons (Fsp3) is 0.423. The molecule has 34 heavy (non-hydrogen) atoms. The van der Waals surface area contributed by atoms with Crippen molar-refractivity contribution in [2.75, 3.05) is 6.54 Å². The summed E-state index contributed by atoms with van der Waals surface area (Å²) in [7, 11) is 0. The van der Waals surface area contributed by atoms with Crippen molar-refractivity contribution < 1.29 is 29.3 Å². The average molecular weight is 469 g/mol. The third-order valence-electron chi connectivity index (χ3n) is 6.16. The number of aliphatic hydroxyl groups excluding tert-OH is 1. The van der Waals surface area contributed by atoms with Gasteiger partial charge in [0.15, 0.2) is 6.10 Å². The van der Waals surface area contributed by atoms with Gasteiger partial charge in [-0.1, -0.05) is 73.5 Å². The van der Waals surface area contributed by atoms with Gasteiger partial charge in [0.2, 0.25) is 5.91 Å². The number of ether oxygens (including phenoxy) is 1. The van der Waals surface area contributed by atoms with Gasteiger partial charge in [-0.25, -0.2) is 4.79 Å². The minimum atomic E-state index is -1.69. The number of aliphatic hydroxyl groups is 1. The Morgan fingerprint density at radius 2 is 1.53 bits per heavy atom. The Labute approximate surface area is 199 Å². The molecule has 2 atom stereocenters. The summed E-state index contributed by atoms with van der Waals surface area (Å²) < 4.78 is 5.59. The van der Waals surface area contributed by atoms with Crippen molar-refractivity contribution in [2.24, 2.45) is 0 Å². The number of carboxylic acids is 1. The summed E-state index contributed by atoms with van der Waals surface area (Å²) >= 11 is 0. The van der Waals surface area contributed by atoms with Gasteiger partial charge in [-0.05, 0) is 36.8 Å². The molecule has 1 fully saturated rings. The largest absolute Gasteiger partial charge is 0.479 e.